The number of methoxy groups -OCH3 is 1. The molecule has 1 heterocycles. The molecule has 0 atom stereocenters. The summed E-state index contributed by atoms with van der Waals surface area (Å²) in [6.07, 6.45) is 1.81. The topological polar surface area (TPSA) is 70.9 Å². The van der Waals surface area contributed by atoms with Crippen molar-refractivity contribution in [3.8, 4) is 17.6 Å². The Labute approximate surface area is 217 Å². The third-order valence-corrected chi connectivity index (χ3v) is 6.57. The summed E-state index contributed by atoms with van der Waals surface area (Å²) in [5, 5.41) is 12.2. The summed E-state index contributed by atoms with van der Waals surface area (Å²) in [6, 6.07) is 26.7. The van der Waals surface area contributed by atoms with Gasteiger partial charge in [-0.3, -0.25) is 0 Å². The number of allylic oxidation sites excluding steroid dienone is 1. The predicted octanol–water partition coefficient (Wildman–Crippen LogP) is 7.28. The molecule has 5 rings (SSSR count). The van der Waals surface area contributed by atoms with Crippen LogP contribution in [0.15, 0.2) is 72.8 Å². The minimum atomic E-state index is 0.425. The number of halogens is 1. The van der Waals surface area contributed by atoms with Crippen LogP contribution >= 0.6 is 22.6 Å². The second-order valence-corrected chi connectivity index (χ2v) is 9.44. The fraction of sp³-hybridized carbons (Fsp3) is 0.103. The molecule has 172 valence electrons. The van der Waals surface area contributed by atoms with Gasteiger partial charge >= 0.3 is 0 Å². The van der Waals surface area contributed by atoms with Crippen molar-refractivity contribution in [1.82, 2.24) is 9.97 Å². The second-order valence-electron chi connectivity index (χ2n) is 8.28. The number of ether oxygens (including phenoxy) is 2. The fourth-order valence-electron chi connectivity index (χ4n) is 4.02. The number of hydrogen-bond acceptors (Lipinski definition) is 4. The number of benzene rings is 4. The zero-order chi connectivity index (χ0) is 24.4. The number of H-pyrrole nitrogens is 1. The molecule has 0 bridgehead atoms. The van der Waals surface area contributed by atoms with Crippen LogP contribution in [0.3, 0.4) is 0 Å². The van der Waals surface area contributed by atoms with E-state index in [1.54, 1.807) is 7.11 Å². The monoisotopic (exact) mass is 571 g/mol. The average Bonchev–Trinajstić information content (AvgIpc) is 3.29. The van der Waals surface area contributed by atoms with E-state index < -0.39 is 0 Å². The Morgan fingerprint density at radius 1 is 1.06 bits per heavy atom. The molecule has 0 amide bonds. The molecular formula is C29H22IN3O2. The van der Waals surface area contributed by atoms with Crippen LogP contribution < -0.4 is 9.47 Å². The molecule has 1 aromatic heterocycles. The third-order valence-electron chi connectivity index (χ3n) is 5.77. The van der Waals surface area contributed by atoms with Gasteiger partial charge in [-0.25, -0.2) is 4.98 Å². The Morgan fingerprint density at radius 3 is 2.69 bits per heavy atom. The molecule has 4 aromatic carbocycles. The lowest BCUT2D eigenvalue weighted by Crippen LogP contribution is -2.00. The molecule has 5 nitrogen and oxygen atoms in total. The van der Waals surface area contributed by atoms with Gasteiger partial charge in [-0.1, -0.05) is 42.5 Å². The molecule has 0 aliphatic carbocycles. The molecular weight excluding hydrogens is 549 g/mol. The highest BCUT2D eigenvalue weighted by atomic mass is 127. The second kappa shape index (κ2) is 9.80. The van der Waals surface area contributed by atoms with E-state index in [0.717, 1.165) is 31.3 Å². The van der Waals surface area contributed by atoms with Gasteiger partial charge in [0.05, 0.1) is 27.3 Å². The SMILES string of the molecule is COc1cc(/C=C(/C#N)c2nc3ccc(C)cc3[nH]2)cc(I)c1OCc1ccc2ccccc2c1. The van der Waals surface area contributed by atoms with E-state index >= 15 is 0 Å². The van der Waals surface area contributed by atoms with E-state index in [4.69, 9.17) is 9.47 Å². The first-order chi connectivity index (χ1) is 17.0. The van der Waals surface area contributed by atoms with Crippen molar-refractivity contribution in [3.05, 3.63) is 98.9 Å². The first-order valence-electron chi connectivity index (χ1n) is 11.1. The van der Waals surface area contributed by atoms with Gasteiger partial charge in [0.25, 0.3) is 0 Å². The van der Waals surface area contributed by atoms with Gasteiger partial charge in [0.2, 0.25) is 0 Å². The van der Waals surface area contributed by atoms with Crippen LogP contribution in [0.1, 0.15) is 22.5 Å². The molecule has 0 saturated heterocycles. The maximum Gasteiger partial charge on any atom is 0.174 e. The molecule has 0 unspecified atom stereocenters. The van der Waals surface area contributed by atoms with Crippen LogP contribution in [0.25, 0.3) is 33.5 Å². The van der Waals surface area contributed by atoms with Crippen molar-refractivity contribution in [2.45, 2.75) is 13.5 Å². The Kier molecular flexibility index (Phi) is 6.43. The summed E-state index contributed by atoms with van der Waals surface area (Å²) >= 11 is 2.24. The van der Waals surface area contributed by atoms with Crippen molar-refractivity contribution in [3.63, 3.8) is 0 Å². The van der Waals surface area contributed by atoms with Gasteiger partial charge in [0.15, 0.2) is 11.5 Å². The third kappa shape index (κ3) is 4.86. The van der Waals surface area contributed by atoms with Gasteiger partial charge in [0.1, 0.15) is 18.5 Å². The van der Waals surface area contributed by atoms with Crippen LogP contribution in [0.4, 0.5) is 0 Å². The predicted molar refractivity (Wildman–Crippen MR) is 148 cm³/mol. The van der Waals surface area contributed by atoms with E-state index in [-0.39, 0.29) is 0 Å². The summed E-state index contributed by atoms with van der Waals surface area (Å²) < 4.78 is 12.7. The Morgan fingerprint density at radius 2 is 1.89 bits per heavy atom. The van der Waals surface area contributed by atoms with Crippen LogP contribution in [0, 0.1) is 21.8 Å². The van der Waals surface area contributed by atoms with Gasteiger partial charge in [-0.15, -0.1) is 0 Å². The molecule has 0 radical (unpaired) electrons. The average molecular weight is 571 g/mol. The molecule has 0 saturated carbocycles. The molecule has 5 aromatic rings. The van der Waals surface area contributed by atoms with Gasteiger partial charge in [-0.05, 0) is 93.4 Å². The number of imidazole rings is 1. The lowest BCUT2D eigenvalue weighted by Gasteiger charge is -2.14. The first kappa shape index (κ1) is 22.9. The summed E-state index contributed by atoms with van der Waals surface area (Å²) in [4.78, 5) is 7.84. The summed E-state index contributed by atoms with van der Waals surface area (Å²) in [7, 11) is 1.62. The Hall–Kier alpha value is -3.83. The quantitative estimate of drug-likeness (QED) is 0.172. The number of aryl methyl sites for hydroxylation is 1. The highest BCUT2D eigenvalue weighted by molar-refractivity contribution is 14.1. The van der Waals surface area contributed by atoms with Crippen molar-refractivity contribution < 1.29 is 9.47 Å². The molecule has 0 spiro atoms. The zero-order valence-electron chi connectivity index (χ0n) is 19.3. The zero-order valence-corrected chi connectivity index (χ0v) is 21.5. The fourth-order valence-corrected chi connectivity index (χ4v) is 4.80. The van der Waals surface area contributed by atoms with E-state index in [9.17, 15) is 5.26 Å². The normalized spacial score (nSPS) is 11.5. The van der Waals surface area contributed by atoms with Crippen LogP contribution in [0.5, 0.6) is 11.5 Å². The Bertz CT molecular complexity index is 1630. The molecule has 35 heavy (non-hydrogen) atoms. The highest BCUT2D eigenvalue weighted by Gasteiger charge is 2.14. The molecule has 1 N–H and O–H groups in total. The van der Waals surface area contributed by atoms with Gasteiger partial charge in [-0.2, -0.15) is 5.26 Å². The lowest BCUT2D eigenvalue weighted by atomic mass is 10.1. The molecule has 0 fully saturated rings. The molecule has 0 aliphatic rings. The maximum atomic E-state index is 9.82. The molecule has 0 aliphatic heterocycles. The van der Waals surface area contributed by atoms with E-state index in [2.05, 4.69) is 69.0 Å². The number of nitriles is 1. The van der Waals surface area contributed by atoms with Crippen molar-refractivity contribution >= 4 is 56.0 Å². The van der Waals surface area contributed by atoms with E-state index in [0.29, 0.717) is 29.5 Å². The summed E-state index contributed by atoms with van der Waals surface area (Å²) in [5.41, 5.74) is 5.23. The standard InChI is InChI=1S/C29H22IN3O2/c1-18-7-10-25-26(11-18)33-29(32-25)23(16-31)13-20-14-24(30)28(27(15-20)34-2)35-17-19-8-9-21-5-3-4-6-22(21)12-19/h3-15H,17H2,1-2H3,(H,32,33)/b23-13-. The number of rotatable bonds is 6. The summed E-state index contributed by atoms with van der Waals surface area (Å²) in [5.74, 6) is 1.83. The van der Waals surface area contributed by atoms with E-state index in [1.165, 1.54) is 10.8 Å². The largest absolute Gasteiger partial charge is 0.493 e. The minimum Gasteiger partial charge on any atom is -0.493 e. The summed E-state index contributed by atoms with van der Waals surface area (Å²) in [6.45, 7) is 2.45. The smallest absolute Gasteiger partial charge is 0.174 e. The first-order valence-corrected chi connectivity index (χ1v) is 12.2. The van der Waals surface area contributed by atoms with Crippen molar-refractivity contribution in [2.75, 3.05) is 7.11 Å². The number of aromatic amines is 1. The highest BCUT2D eigenvalue weighted by Crippen LogP contribution is 2.36. The molecule has 6 heteroatoms. The number of nitrogens with zero attached hydrogens (tertiary/aromatic N) is 2. The van der Waals surface area contributed by atoms with Crippen LogP contribution in [-0.4, -0.2) is 17.1 Å². The van der Waals surface area contributed by atoms with Gasteiger partial charge < -0.3 is 14.5 Å². The number of aromatic nitrogens is 2. The number of nitrogens with one attached hydrogen (secondary N) is 1. The van der Waals surface area contributed by atoms with Gasteiger partial charge in [0, 0.05) is 0 Å². The van der Waals surface area contributed by atoms with Crippen LogP contribution in [-0.2, 0) is 6.61 Å². The number of fused-ring (bicyclic) bond motifs is 2. The van der Waals surface area contributed by atoms with E-state index in [1.807, 2.05) is 55.5 Å². The number of hydrogen-bond donors (Lipinski definition) is 1. The Balaban J connectivity index is 1.42. The van der Waals surface area contributed by atoms with Crippen LogP contribution in [0.2, 0.25) is 0 Å². The minimum absolute atomic E-state index is 0.425. The maximum absolute atomic E-state index is 9.82. The lowest BCUT2D eigenvalue weighted by molar-refractivity contribution is 0.282. The van der Waals surface area contributed by atoms with Crippen molar-refractivity contribution in [2.24, 2.45) is 0 Å². The van der Waals surface area contributed by atoms with Crippen molar-refractivity contribution in [1.29, 1.82) is 5.26 Å².